The molecule has 0 heterocycles. The molecule has 0 aliphatic rings. The van der Waals surface area contributed by atoms with E-state index in [9.17, 15) is 0 Å². The topological polar surface area (TPSA) is 12.0 Å². The zero-order chi connectivity index (χ0) is 11.3. The van der Waals surface area contributed by atoms with Gasteiger partial charge in [0.15, 0.2) is 0 Å². The Morgan fingerprint density at radius 1 is 1.20 bits per heavy atom. The van der Waals surface area contributed by atoms with Crippen LogP contribution < -0.4 is 5.32 Å². The van der Waals surface area contributed by atoms with E-state index in [4.69, 9.17) is 11.6 Å². The molecule has 1 rings (SSSR count). The number of benzene rings is 1. The summed E-state index contributed by atoms with van der Waals surface area (Å²) < 4.78 is 0. The monoisotopic (exact) mass is 225 g/mol. The van der Waals surface area contributed by atoms with E-state index in [1.807, 2.05) is 0 Å². The van der Waals surface area contributed by atoms with E-state index >= 15 is 0 Å². The first-order valence-corrected chi connectivity index (χ1v) is 5.93. The average molecular weight is 226 g/mol. The van der Waals surface area contributed by atoms with Gasteiger partial charge in [0.1, 0.15) is 0 Å². The highest BCUT2D eigenvalue weighted by atomic mass is 35.5. The van der Waals surface area contributed by atoms with E-state index in [1.54, 1.807) is 0 Å². The van der Waals surface area contributed by atoms with Crippen molar-refractivity contribution in [1.29, 1.82) is 0 Å². The summed E-state index contributed by atoms with van der Waals surface area (Å²) in [6.07, 6.45) is 0.987. The average Bonchev–Trinajstić information content (AvgIpc) is 2.17. The maximum Gasteiger partial charge on any atom is 0.0240 e. The molecule has 0 saturated carbocycles. The first kappa shape index (κ1) is 12.5. The Labute approximate surface area is 97.8 Å². The van der Waals surface area contributed by atoms with E-state index < -0.39 is 0 Å². The Morgan fingerprint density at radius 2 is 1.80 bits per heavy atom. The summed E-state index contributed by atoms with van der Waals surface area (Å²) >= 11 is 5.75. The number of rotatable bonds is 5. The lowest BCUT2D eigenvalue weighted by Crippen LogP contribution is -2.39. The van der Waals surface area contributed by atoms with Crippen LogP contribution in [0, 0.1) is 6.92 Å². The van der Waals surface area contributed by atoms with Crippen molar-refractivity contribution in [1.82, 2.24) is 5.32 Å². The smallest absolute Gasteiger partial charge is 0.0240 e. The summed E-state index contributed by atoms with van der Waals surface area (Å²) in [5, 5.41) is 3.51. The van der Waals surface area contributed by atoms with Crippen LogP contribution in [-0.4, -0.2) is 11.4 Å². The van der Waals surface area contributed by atoms with Crippen molar-refractivity contribution in [2.75, 3.05) is 5.88 Å². The Balaban J connectivity index is 2.46. The molecule has 84 valence electrons. The fourth-order valence-corrected chi connectivity index (χ4v) is 1.84. The lowest BCUT2D eigenvalue weighted by Gasteiger charge is -2.25. The van der Waals surface area contributed by atoms with Crippen molar-refractivity contribution in [3.63, 3.8) is 0 Å². The van der Waals surface area contributed by atoms with Crippen LogP contribution in [0.5, 0.6) is 0 Å². The van der Waals surface area contributed by atoms with Gasteiger partial charge >= 0.3 is 0 Å². The van der Waals surface area contributed by atoms with Gasteiger partial charge < -0.3 is 5.32 Å². The van der Waals surface area contributed by atoms with Crippen molar-refractivity contribution in [3.8, 4) is 0 Å². The number of aryl methyl sites for hydroxylation is 1. The highest BCUT2D eigenvalue weighted by Crippen LogP contribution is 2.11. The molecule has 0 aromatic heterocycles. The normalized spacial score (nSPS) is 11.7. The zero-order valence-electron chi connectivity index (χ0n) is 9.81. The number of alkyl halides is 1. The van der Waals surface area contributed by atoms with E-state index in [1.165, 1.54) is 11.1 Å². The quantitative estimate of drug-likeness (QED) is 0.757. The molecule has 1 nitrogen and oxygen atoms in total. The highest BCUT2D eigenvalue weighted by molar-refractivity contribution is 6.17. The maximum absolute atomic E-state index is 5.75. The second-order valence-corrected chi connectivity index (χ2v) is 5.04. The predicted octanol–water partition coefficient (Wildman–Crippen LogP) is 3.49. The third-order valence-corrected chi connectivity index (χ3v) is 2.80. The molecule has 0 amide bonds. The minimum atomic E-state index is 0.118. The first-order chi connectivity index (χ1) is 7.03. The van der Waals surface area contributed by atoms with Gasteiger partial charge in [0.25, 0.3) is 0 Å². The van der Waals surface area contributed by atoms with Gasteiger partial charge in [-0.15, -0.1) is 11.6 Å². The minimum absolute atomic E-state index is 0.118. The van der Waals surface area contributed by atoms with Gasteiger partial charge in [-0.25, -0.2) is 0 Å². The largest absolute Gasteiger partial charge is 0.308 e. The van der Waals surface area contributed by atoms with Crippen LogP contribution in [-0.2, 0) is 6.54 Å². The van der Waals surface area contributed by atoms with Crippen LogP contribution >= 0.6 is 11.6 Å². The zero-order valence-corrected chi connectivity index (χ0v) is 10.6. The summed E-state index contributed by atoms with van der Waals surface area (Å²) in [6, 6.07) is 8.62. The SMILES string of the molecule is Cc1ccc(CNC(C)(C)CCCl)cc1. The Hall–Kier alpha value is -0.530. The number of halogens is 1. The summed E-state index contributed by atoms with van der Waals surface area (Å²) in [4.78, 5) is 0. The van der Waals surface area contributed by atoms with Gasteiger partial charge in [-0.2, -0.15) is 0 Å². The summed E-state index contributed by atoms with van der Waals surface area (Å²) in [5.41, 5.74) is 2.74. The molecule has 0 aliphatic carbocycles. The van der Waals surface area contributed by atoms with Crippen molar-refractivity contribution >= 4 is 11.6 Å². The third kappa shape index (κ3) is 4.67. The molecule has 0 atom stereocenters. The van der Waals surface area contributed by atoms with Crippen molar-refractivity contribution in [2.45, 2.75) is 39.3 Å². The second-order valence-electron chi connectivity index (χ2n) is 4.66. The van der Waals surface area contributed by atoms with Crippen LogP contribution in [0.25, 0.3) is 0 Å². The number of hydrogen-bond acceptors (Lipinski definition) is 1. The first-order valence-electron chi connectivity index (χ1n) is 5.40. The van der Waals surface area contributed by atoms with Gasteiger partial charge in [0, 0.05) is 18.0 Å². The van der Waals surface area contributed by atoms with Gasteiger partial charge in [0.05, 0.1) is 0 Å². The lowest BCUT2D eigenvalue weighted by molar-refractivity contribution is 0.376. The predicted molar refractivity (Wildman–Crippen MR) is 67.4 cm³/mol. The molecule has 15 heavy (non-hydrogen) atoms. The molecule has 0 fully saturated rings. The molecule has 1 aromatic carbocycles. The van der Waals surface area contributed by atoms with Gasteiger partial charge in [-0.05, 0) is 32.8 Å². The summed E-state index contributed by atoms with van der Waals surface area (Å²) in [6.45, 7) is 7.38. The molecular formula is C13H20ClN. The summed E-state index contributed by atoms with van der Waals surface area (Å²) in [7, 11) is 0. The van der Waals surface area contributed by atoms with Crippen molar-refractivity contribution in [2.24, 2.45) is 0 Å². The molecule has 0 aliphatic heterocycles. The maximum atomic E-state index is 5.75. The molecule has 0 spiro atoms. The molecular weight excluding hydrogens is 206 g/mol. The molecule has 0 bridgehead atoms. The van der Waals surface area contributed by atoms with E-state index in [0.29, 0.717) is 5.88 Å². The van der Waals surface area contributed by atoms with Crippen LogP contribution in [0.3, 0.4) is 0 Å². The van der Waals surface area contributed by atoms with Crippen molar-refractivity contribution in [3.05, 3.63) is 35.4 Å². The highest BCUT2D eigenvalue weighted by Gasteiger charge is 2.15. The molecule has 0 saturated heterocycles. The second kappa shape index (κ2) is 5.53. The molecule has 0 unspecified atom stereocenters. The molecule has 2 heteroatoms. The van der Waals surface area contributed by atoms with Gasteiger partial charge in [0.2, 0.25) is 0 Å². The van der Waals surface area contributed by atoms with E-state index in [2.05, 4.69) is 50.4 Å². The van der Waals surface area contributed by atoms with Gasteiger partial charge in [-0.1, -0.05) is 29.8 Å². The number of nitrogens with one attached hydrogen (secondary N) is 1. The van der Waals surface area contributed by atoms with E-state index in [0.717, 1.165) is 13.0 Å². The van der Waals surface area contributed by atoms with Crippen LogP contribution in [0.4, 0.5) is 0 Å². The van der Waals surface area contributed by atoms with Crippen LogP contribution in [0.1, 0.15) is 31.4 Å². The Kier molecular flexibility index (Phi) is 4.62. The molecule has 1 aromatic rings. The van der Waals surface area contributed by atoms with Crippen LogP contribution in [0.2, 0.25) is 0 Å². The molecule has 1 N–H and O–H groups in total. The minimum Gasteiger partial charge on any atom is -0.308 e. The summed E-state index contributed by atoms with van der Waals surface area (Å²) in [5.74, 6) is 0.702. The standard InChI is InChI=1S/C13H20ClN/c1-11-4-6-12(7-5-11)10-15-13(2,3)8-9-14/h4-7,15H,8-10H2,1-3H3. The van der Waals surface area contributed by atoms with Crippen LogP contribution in [0.15, 0.2) is 24.3 Å². The number of hydrogen-bond donors (Lipinski definition) is 1. The fourth-order valence-electron chi connectivity index (χ4n) is 1.37. The third-order valence-electron chi connectivity index (χ3n) is 2.61. The Bertz CT molecular complexity index is 290. The molecule has 0 radical (unpaired) electrons. The van der Waals surface area contributed by atoms with E-state index in [-0.39, 0.29) is 5.54 Å². The van der Waals surface area contributed by atoms with Gasteiger partial charge in [-0.3, -0.25) is 0 Å². The lowest BCUT2D eigenvalue weighted by atomic mass is 10.0. The van der Waals surface area contributed by atoms with Crippen molar-refractivity contribution < 1.29 is 0 Å². The fraction of sp³-hybridized carbons (Fsp3) is 0.538. The Morgan fingerprint density at radius 3 is 2.33 bits per heavy atom.